The number of fused-ring (bicyclic) bond motifs is 1. The Kier molecular flexibility index (Phi) is 3.22. The second-order valence-corrected chi connectivity index (χ2v) is 5.02. The summed E-state index contributed by atoms with van der Waals surface area (Å²) in [6, 6.07) is 9.17. The summed E-state index contributed by atoms with van der Waals surface area (Å²) < 4.78 is 1.93. The number of aromatic hydroxyl groups is 1. The van der Waals surface area contributed by atoms with Crippen LogP contribution >= 0.6 is 0 Å². The van der Waals surface area contributed by atoms with Crippen LogP contribution in [-0.4, -0.2) is 22.1 Å². The van der Waals surface area contributed by atoms with Gasteiger partial charge in [0.2, 0.25) is 0 Å². The zero-order valence-electron chi connectivity index (χ0n) is 11.5. The molecule has 0 fully saturated rings. The molecule has 4 nitrogen and oxygen atoms in total. The molecule has 0 bridgehead atoms. The molecule has 0 saturated heterocycles. The van der Waals surface area contributed by atoms with Crippen molar-refractivity contribution in [1.82, 2.24) is 4.57 Å². The number of hydrogen-bond acceptors (Lipinski definition) is 2. The Morgan fingerprint density at radius 3 is 2.95 bits per heavy atom. The van der Waals surface area contributed by atoms with E-state index < -0.39 is 0 Å². The van der Waals surface area contributed by atoms with Crippen molar-refractivity contribution in [2.24, 2.45) is 0 Å². The Bertz CT molecular complexity index is 646. The zero-order chi connectivity index (χ0) is 14.1. The van der Waals surface area contributed by atoms with E-state index in [4.69, 9.17) is 0 Å². The normalized spacial score (nSPS) is 14.2. The third-order valence-corrected chi connectivity index (χ3v) is 3.83. The van der Waals surface area contributed by atoms with Crippen LogP contribution in [0, 0.1) is 0 Å². The summed E-state index contributed by atoms with van der Waals surface area (Å²) in [4.78, 5) is 14.5. The first kappa shape index (κ1) is 12.8. The summed E-state index contributed by atoms with van der Waals surface area (Å²) in [6.07, 6.45) is 3.74. The molecule has 0 spiro atoms. The van der Waals surface area contributed by atoms with Gasteiger partial charge in [-0.2, -0.15) is 0 Å². The number of carbonyl (C=O) groups excluding carboxylic acids is 1. The molecule has 4 heteroatoms. The van der Waals surface area contributed by atoms with Gasteiger partial charge >= 0.3 is 0 Å². The monoisotopic (exact) mass is 270 g/mol. The van der Waals surface area contributed by atoms with Gasteiger partial charge < -0.3 is 14.6 Å². The van der Waals surface area contributed by atoms with Crippen molar-refractivity contribution in [3.05, 3.63) is 47.8 Å². The molecule has 0 radical (unpaired) electrons. The number of rotatable bonds is 2. The molecule has 1 aromatic heterocycles. The molecule has 0 saturated carbocycles. The van der Waals surface area contributed by atoms with E-state index in [-0.39, 0.29) is 11.7 Å². The van der Waals surface area contributed by atoms with Crippen LogP contribution in [0.3, 0.4) is 0 Å². The van der Waals surface area contributed by atoms with E-state index in [0.29, 0.717) is 17.9 Å². The summed E-state index contributed by atoms with van der Waals surface area (Å²) in [6.45, 7) is 3.42. The van der Waals surface area contributed by atoms with E-state index in [1.165, 1.54) is 0 Å². The van der Waals surface area contributed by atoms with E-state index in [0.717, 1.165) is 24.9 Å². The highest BCUT2D eigenvalue weighted by molar-refractivity contribution is 6.06. The molecule has 3 rings (SSSR count). The molecule has 0 unspecified atom stereocenters. The lowest BCUT2D eigenvalue weighted by Crippen LogP contribution is -2.36. The Morgan fingerprint density at radius 2 is 2.15 bits per heavy atom. The summed E-state index contributed by atoms with van der Waals surface area (Å²) in [5.41, 5.74) is 2.38. The lowest BCUT2D eigenvalue weighted by molar-refractivity contribution is 0.0975. The third-order valence-electron chi connectivity index (χ3n) is 3.83. The number of aryl methyl sites for hydroxylation is 2. The quantitative estimate of drug-likeness (QED) is 0.912. The topological polar surface area (TPSA) is 45.5 Å². The van der Waals surface area contributed by atoms with Gasteiger partial charge in [-0.15, -0.1) is 0 Å². The second-order valence-electron chi connectivity index (χ2n) is 5.02. The zero-order valence-corrected chi connectivity index (χ0v) is 11.5. The van der Waals surface area contributed by atoms with Crippen molar-refractivity contribution in [2.75, 3.05) is 11.4 Å². The number of hydrogen-bond donors (Lipinski definition) is 1. The molecule has 104 valence electrons. The minimum absolute atomic E-state index is 0.0423. The highest BCUT2D eigenvalue weighted by Crippen LogP contribution is 2.36. The Labute approximate surface area is 118 Å². The maximum Gasteiger partial charge on any atom is 0.275 e. The lowest BCUT2D eigenvalue weighted by atomic mass is 10.0. The average Bonchev–Trinajstić information content (AvgIpc) is 2.94. The van der Waals surface area contributed by atoms with Crippen molar-refractivity contribution >= 4 is 11.6 Å². The van der Waals surface area contributed by atoms with Crippen LogP contribution in [-0.2, 0) is 13.0 Å². The van der Waals surface area contributed by atoms with Crippen molar-refractivity contribution < 1.29 is 9.90 Å². The van der Waals surface area contributed by atoms with Gasteiger partial charge in [0.1, 0.15) is 11.4 Å². The maximum absolute atomic E-state index is 12.7. The van der Waals surface area contributed by atoms with Crippen LogP contribution in [0.5, 0.6) is 5.75 Å². The van der Waals surface area contributed by atoms with Crippen molar-refractivity contribution in [1.29, 1.82) is 0 Å². The number of aromatic nitrogens is 1. The largest absolute Gasteiger partial charge is 0.506 e. The number of phenolic OH excluding ortho intramolecular Hbond substituents is 1. The molecule has 1 aromatic carbocycles. The molecule has 1 aliphatic heterocycles. The number of para-hydroxylation sites is 1. The van der Waals surface area contributed by atoms with Gasteiger partial charge in [-0.1, -0.05) is 12.1 Å². The van der Waals surface area contributed by atoms with Gasteiger partial charge in [0.15, 0.2) is 0 Å². The smallest absolute Gasteiger partial charge is 0.275 e. The van der Waals surface area contributed by atoms with Crippen molar-refractivity contribution in [2.45, 2.75) is 26.3 Å². The highest BCUT2D eigenvalue weighted by Gasteiger charge is 2.27. The minimum Gasteiger partial charge on any atom is -0.506 e. The summed E-state index contributed by atoms with van der Waals surface area (Å²) in [5, 5.41) is 10.1. The van der Waals surface area contributed by atoms with Gasteiger partial charge in [0.25, 0.3) is 5.91 Å². The number of nitrogens with zero attached hydrogens (tertiary/aromatic N) is 2. The number of amides is 1. The predicted molar refractivity (Wildman–Crippen MR) is 78.2 cm³/mol. The molecule has 1 amide bonds. The van der Waals surface area contributed by atoms with E-state index in [9.17, 15) is 9.90 Å². The average molecular weight is 270 g/mol. The molecular weight excluding hydrogens is 252 g/mol. The van der Waals surface area contributed by atoms with E-state index in [2.05, 4.69) is 0 Å². The third kappa shape index (κ3) is 1.97. The molecule has 0 aliphatic carbocycles. The fourth-order valence-electron chi connectivity index (χ4n) is 2.86. The standard InChI is InChI=1S/C16H18N2O2/c1-2-17-10-5-8-13(17)16(20)18-11-4-7-12-6-3-9-14(19)15(12)18/h3,5-6,8-10,19H,2,4,7,11H2,1H3. The minimum atomic E-state index is -0.0423. The second kappa shape index (κ2) is 5.04. The van der Waals surface area contributed by atoms with Gasteiger partial charge in [0, 0.05) is 19.3 Å². The number of carbonyl (C=O) groups is 1. The fourth-order valence-corrected chi connectivity index (χ4v) is 2.86. The van der Waals surface area contributed by atoms with Crippen LogP contribution < -0.4 is 4.90 Å². The van der Waals surface area contributed by atoms with Gasteiger partial charge in [-0.25, -0.2) is 0 Å². The Balaban J connectivity index is 2.03. The Hall–Kier alpha value is -2.23. The molecular formula is C16H18N2O2. The molecule has 2 aromatic rings. The first-order valence-electron chi connectivity index (χ1n) is 7.00. The SMILES string of the molecule is CCn1cccc1C(=O)N1CCCc2cccc(O)c21. The predicted octanol–water partition coefficient (Wildman–Crippen LogP) is 2.81. The van der Waals surface area contributed by atoms with Crippen LogP contribution in [0.2, 0.25) is 0 Å². The Morgan fingerprint density at radius 1 is 1.30 bits per heavy atom. The van der Waals surface area contributed by atoms with Crippen LogP contribution in [0.15, 0.2) is 36.5 Å². The van der Waals surface area contributed by atoms with E-state index in [1.54, 1.807) is 11.0 Å². The van der Waals surface area contributed by atoms with E-state index in [1.807, 2.05) is 42.0 Å². The molecule has 0 atom stereocenters. The van der Waals surface area contributed by atoms with Gasteiger partial charge in [-0.3, -0.25) is 4.79 Å². The molecule has 20 heavy (non-hydrogen) atoms. The van der Waals surface area contributed by atoms with E-state index >= 15 is 0 Å². The first-order valence-corrected chi connectivity index (χ1v) is 7.00. The molecule has 2 heterocycles. The number of benzene rings is 1. The van der Waals surface area contributed by atoms with Crippen LogP contribution in [0.25, 0.3) is 0 Å². The van der Waals surface area contributed by atoms with Gasteiger partial charge in [-0.05, 0) is 43.5 Å². The lowest BCUT2D eigenvalue weighted by Gasteiger charge is -2.30. The molecule has 1 aliphatic rings. The van der Waals surface area contributed by atoms with Crippen LogP contribution in [0.4, 0.5) is 5.69 Å². The number of anilines is 1. The summed E-state index contributed by atoms with van der Waals surface area (Å²) >= 11 is 0. The van der Waals surface area contributed by atoms with Gasteiger partial charge in [0.05, 0.1) is 5.69 Å². The maximum atomic E-state index is 12.7. The van der Waals surface area contributed by atoms with Crippen LogP contribution in [0.1, 0.15) is 29.4 Å². The molecule has 1 N–H and O–H groups in total. The summed E-state index contributed by atoms with van der Waals surface area (Å²) in [7, 11) is 0. The van der Waals surface area contributed by atoms with Crippen molar-refractivity contribution in [3.8, 4) is 5.75 Å². The van der Waals surface area contributed by atoms with Crippen molar-refractivity contribution in [3.63, 3.8) is 0 Å². The first-order chi connectivity index (χ1) is 9.72. The number of phenols is 1. The summed E-state index contributed by atoms with van der Waals surface area (Å²) in [5.74, 6) is 0.143. The fraction of sp³-hybridized carbons (Fsp3) is 0.312. The highest BCUT2D eigenvalue weighted by atomic mass is 16.3.